The van der Waals surface area contributed by atoms with Crippen molar-refractivity contribution in [1.82, 2.24) is 4.98 Å². The van der Waals surface area contributed by atoms with Crippen molar-refractivity contribution in [3.05, 3.63) is 35.1 Å². The Morgan fingerprint density at radius 2 is 2.57 bits per heavy atom. The molecule has 2 rings (SSSR count). The van der Waals surface area contributed by atoms with Gasteiger partial charge in [0.2, 0.25) is 0 Å². The second-order valence-electron chi connectivity index (χ2n) is 3.01. The van der Waals surface area contributed by atoms with Gasteiger partial charge in [0.15, 0.2) is 0 Å². The summed E-state index contributed by atoms with van der Waals surface area (Å²) in [5.74, 6) is 0.970. The van der Waals surface area contributed by atoms with E-state index >= 15 is 0 Å². The third-order valence-corrected chi connectivity index (χ3v) is 4.00. The molecule has 4 heteroatoms. The Bertz CT molecular complexity index is 368. The van der Waals surface area contributed by atoms with Crippen LogP contribution in [0.4, 0.5) is 0 Å². The summed E-state index contributed by atoms with van der Waals surface area (Å²) in [5.41, 5.74) is 2.41. The lowest BCUT2D eigenvalue weighted by atomic mass is 10.3. The molecule has 1 aromatic rings. The van der Waals surface area contributed by atoms with Gasteiger partial charge in [0.1, 0.15) is 10.9 Å². The molecule has 2 nitrogen and oxygen atoms in total. The zero-order valence-electron chi connectivity index (χ0n) is 7.90. The zero-order chi connectivity index (χ0) is 9.80. The van der Waals surface area contributed by atoms with Crippen LogP contribution in [0.25, 0.3) is 0 Å². The molecule has 1 aromatic heterocycles. The molecule has 0 atom stereocenters. The van der Waals surface area contributed by atoms with Crippen LogP contribution in [0.5, 0.6) is 0 Å². The summed E-state index contributed by atoms with van der Waals surface area (Å²) < 4.78 is 6.33. The highest BCUT2D eigenvalue weighted by Crippen LogP contribution is 2.24. The van der Waals surface area contributed by atoms with Crippen molar-refractivity contribution in [2.45, 2.75) is 11.3 Å². The number of nitrogens with zero attached hydrogens (tertiary/aromatic N) is 1. The van der Waals surface area contributed by atoms with E-state index in [-0.39, 0.29) is 0 Å². The fourth-order valence-electron chi connectivity index (χ4n) is 1.08. The van der Waals surface area contributed by atoms with Crippen molar-refractivity contribution < 1.29 is 4.74 Å². The Balaban J connectivity index is 1.88. The molecule has 1 aliphatic heterocycles. The van der Waals surface area contributed by atoms with Crippen LogP contribution in [-0.4, -0.2) is 17.3 Å². The highest BCUT2D eigenvalue weighted by molar-refractivity contribution is 8.01. The fraction of sp³-hybridized carbons (Fsp3) is 0.300. The topological polar surface area (TPSA) is 22.1 Å². The minimum atomic E-state index is 0.716. The summed E-state index contributed by atoms with van der Waals surface area (Å²) in [6.45, 7) is 2.74. The van der Waals surface area contributed by atoms with Crippen molar-refractivity contribution in [2.24, 2.45) is 0 Å². The first-order chi connectivity index (χ1) is 6.84. The number of hydrogen-bond acceptors (Lipinski definition) is 4. The standard InChI is InChI=1S/C10H11NOS2/c1-8-6-13-10(11-8)14-7-9-3-2-4-12-5-9/h2-4,6H,5,7H2,1H3. The molecule has 0 bridgehead atoms. The zero-order valence-corrected chi connectivity index (χ0v) is 9.53. The number of thioether (sulfide) groups is 1. The Morgan fingerprint density at radius 1 is 1.64 bits per heavy atom. The van der Waals surface area contributed by atoms with Crippen molar-refractivity contribution in [3.8, 4) is 0 Å². The van der Waals surface area contributed by atoms with Gasteiger partial charge in [-0.3, -0.25) is 0 Å². The third kappa shape index (κ3) is 2.62. The van der Waals surface area contributed by atoms with Crippen LogP contribution in [0.15, 0.2) is 33.7 Å². The number of thiazole rings is 1. The lowest BCUT2D eigenvalue weighted by Gasteiger charge is -2.08. The SMILES string of the molecule is Cc1csc(SCC2=CC=COC2)n1. The Labute approximate surface area is 91.7 Å². The molecule has 0 aromatic carbocycles. The van der Waals surface area contributed by atoms with Gasteiger partial charge in [-0.15, -0.1) is 11.3 Å². The van der Waals surface area contributed by atoms with Gasteiger partial charge in [-0.25, -0.2) is 4.98 Å². The summed E-state index contributed by atoms with van der Waals surface area (Å²) in [6, 6.07) is 0. The molecule has 0 amide bonds. The van der Waals surface area contributed by atoms with Gasteiger partial charge in [-0.2, -0.15) is 0 Å². The maximum atomic E-state index is 5.20. The Kier molecular flexibility index (Phi) is 3.26. The highest BCUT2D eigenvalue weighted by Gasteiger charge is 2.04. The number of aromatic nitrogens is 1. The summed E-state index contributed by atoms with van der Waals surface area (Å²) in [5, 5.41) is 2.08. The minimum Gasteiger partial charge on any atom is -0.497 e. The summed E-state index contributed by atoms with van der Waals surface area (Å²) in [4.78, 5) is 4.39. The molecular formula is C10H11NOS2. The number of hydrogen-bond donors (Lipinski definition) is 0. The quantitative estimate of drug-likeness (QED) is 0.738. The van der Waals surface area contributed by atoms with Crippen molar-refractivity contribution in [3.63, 3.8) is 0 Å². The van der Waals surface area contributed by atoms with Gasteiger partial charge < -0.3 is 4.74 Å². The number of rotatable bonds is 3. The van der Waals surface area contributed by atoms with Gasteiger partial charge in [-0.05, 0) is 18.6 Å². The van der Waals surface area contributed by atoms with Gasteiger partial charge >= 0.3 is 0 Å². The number of ether oxygens (including phenoxy) is 1. The molecule has 74 valence electrons. The first-order valence-corrected chi connectivity index (χ1v) is 6.22. The second kappa shape index (κ2) is 4.66. The van der Waals surface area contributed by atoms with Gasteiger partial charge in [-0.1, -0.05) is 17.8 Å². The summed E-state index contributed by atoms with van der Waals surface area (Å²) >= 11 is 3.48. The molecule has 0 radical (unpaired) electrons. The Hall–Kier alpha value is -0.740. The molecule has 2 heterocycles. The third-order valence-electron chi connectivity index (χ3n) is 1.75. The highest BCUT2D eigenvalue weighted by atomic mass is 32.2. The lowest BCUT2D eigenvalue weighted by molar-refractivity contribution is 0.276. The molecule has 0 aliphatic carbocycles. The molecular weight excluding hydrogens is 214 g/mol. The molecule has 14 heavy (non-hydrogen) atoms. The summed E-state index contributed by atoms with van der Waals surface area (Å²) in [7, 11) is 0. The van der Waals surface area contributed by atoms with Crippen LogP contribution in [0.2, 0.25) is 0 Å². The molecule has 0 saturated heterocycles. The first-order valence-electron chi connectivity index (χ1n) is 4.36. The minimum absolute atomic E-state index is 0.716. The van der Waals surface area contributed by atoms with Crippen molar-refractivity contribution >= 4 is 23.1 Å². The molecule has 0 unspecified atom stereocenters. The largest absolute Gasteiger partial charge is 0.497 e. The predicted octanol–water partition coefficient (Wildman–Crippen LogP) is 3.01. The maximum absolute atomic E-state index is 5.20. The average molecular weight is 225 g/mol. The monoisotopic (exact) mass is 225 g/mol. The summed E-state index contributed by atoms with van der Waals surface area (Å²) in [6.07, 6.45) is 5.77. The van der Waals surface area contributed by atoms with Crippen LogP contribution < -0.4 is 0 Å². The van der Waals surface area contributed by atoms with E-state index in [0.29, 0.717) is 6.61 Å². The van der Waals surface area contributed by atoms with Crippen molar-refractivity contribution in [1.29, 1.82) is 0 Å². The van der Waals surface area contributed by atoms with E-state index in [1.165, 1.54) is 5.57 Å². The molecule has 0 N–H and O–H groups in total. The predicted molar refractivity (Wildman–Crippen MR) is 60.8 cm³/mol. The maximum Gasteiger partial charge on any atom is 0.150 e. The van der Waals surface area contributed by atoms with E-state index in [9.17, 15) is 0 Å². The Morgan fingerprint density at radius 3 is 3.21 bits per heavy atom. The smallest absolute Gasteiger partial charge is 0.150 e. The fourth-order valence-corrected chi connectivity index (χ4v) is 2.89. The van der Waals surface area contributed by atoms with E-state index in [4.69, 9.17) is 4.74 Å². The van der Waals surface area contributed by atoms with E-state index in [2.05, 4.69) is 16.4 Å². The second-order valence-corrected chi connectivity index (χ2v) is 5.09. The van der Waals surface area contributed by atoms with E-state index in [1.54, 1.807) is 29.4 Å². The van der Waals surface area contributed by atoms with Crippen LogP contribution in [0, 0.1) is 6.92 Å². The first kappa shape index (κ1) is 9.80. The van der Waals surface area contributed by atoms with Gasteiger partial charge in [0, 0.05) is 16.8 Å². The van der Waals surface area contributed by atoms with E-state index in [0.717, 1.165) is 15.8 Å². The molecule has 1 aliphatic rings. The molecule has 0 fully saturated rings. The van der Waals surface area contributed by atoms with E-state index < -0.39 is 0 Å². The molecule has 0 spiro atoms. The van der Waals surface area contributed by atoms with Crippen LogP contribution in [0.1, 0.15) is 5.69 Å². The van der Waals surface area contributed by atoms with Gasteiger partial charge in [0.05, 0.1) is 6.26 Å². The normalized spacial score (nSPS) is 15.1. The van der Waals surface area contributed by atoms with E-state index in [1.807, 2.05) is 13.0 Å². The van der Waals surface area contributed by atoms with Crippen LogP contribution in [-0.2, 0) is 4.74 Å². The molecule has 0 saturated carbocycles. The number of allylic oxidation sites excluding steroid dienone is 2. The lowest BCUT2D eigenvalue weighted by Crippen LogP contribution is -1.99. The van der Waals surface area contributed by atoms with Crippen molar-refractivity contribution in [2.75, 3.05) is 12.4 Å². The van der Waals surface area contributed by atoms with Crippen LogP contribution >= 0.6 is 23.1 Å². The van der Waals surface area contributed by atoms with Crippen LogP contribution in [0.3, 0.4) is 0 Å². The number of aryl methyl sites for hydroxylation is 1. The van der Waals surface area contributed by atoms with Gasteiger partial charge in [0.25, 0.3) is 0 Å². The average Bonchev–Trinajstić information content (AvgIpc) is 2.63.